The third-order valence-corrected chi connectivity index (χ3v) is 5.31. The van der Waals surface area contributed by atoms with E-state index in [9.17, 15) is 9.90 Å². The van der Waals surface area contributed by atoms with Crippen LogP contribution in [0.3, 0.4) is 0 Å². The van der Waals surface area contributed by atoms with Gasteiger partial charge in [0, 0.05) is 17.1 Å². The van der Waals surface area contributed by atoms with Crippen LogP contribution in [0.1, 0.15) is 22.8 Å². The van der Waals surface area contributed by atoms with E-state index in [0.717, 1.165) is 11.1 Å². The van der Waals surface area contributed by atoms with E-state index < -0.39 is 17.9 Å². The molecule has 4 nitrogen and oxygen atoms in total. The number of amides is 1. The van der Waals surface area contributed by atoms with Gasteiger partial charge in [-0.2, -0.15) is 0 Å². The van der Waals surface area contributed by atoms with Gasteiger partial charge in [0.15, 0.2) is 6.10 Å². The monoisotopic (exact) mass is 393 g/mol. The predicted octanol–water partition coefficient (Wildman–Crippen LogP) is 4.92. The van der Waals surface area contributed by atoms with E-state index in [0.29, 0.717) is 23.6 Å². The number of nitrogens with zero attached hydrogens (tertiary/aromatic N) is 1. The predicted molar refractivity (Wildman–Crippen MR) is 108 cm³/mol. The first-order valence-corrected chi connectivity index (χ1v) is 9.52. The van der Waals surface area contributed by atoms with Crippen molar-refractivity contribution in [1.82, 2.24) is 4.90 Å². The molecule has 0 saturated carbocycles. The third-order valence-electron chi connectivity index (χ3n) is 5.05. The summed E-state index contributed by atoms with van der Waals surface area (Å²) in [5, 5.41) is 12.4. The van der Waals surface area contributed by atoms with Gasteiger partial charge in [-0.1, -0.05) is 84.4 Å². The highest BCUT2D eigenvalue weighted by Crippen LogP contribution is 2.46. The molecule has 1 aliphatic rings. The van der Waals surface area contributed by atoms with Crippen LogP contribution in [0.25, 0.3) is 0 Å². The highest BCUT2D eigenvalue weighted by Gasteiger charge is 2.55. The molecule has 2 atom stereocenters. The van der Waals surface area contributed by atoms with E-state index in [2.05, 4.69) is 0 Å². The third kappa shape index (κ3) is 3.37. The normalized spacial score (nSPS) is 21.6. The van der Waals surface area contributed by atoms with Gasteiger partial charge in [0.25, 0.3) is 0 Å². The van der Waals surface area contributed by atoms with Crippen LogP contribution in [0.15, 0.2) is 84.9 Å². The molecule has 3 aromatic rings. The second kappa shape index (κ2) is 7.66. The Labute approximate surface area is 168 Å². The molecule has 0 spiro atoms. The molecule has 1 saturated heterocycles. The summed E-state index contributed by atoms with van der Waals surface area (Å²) in [5.41, 5.74) is 0.796. The topological polar surface area (TPSA) is 49.8 Å². The summed E-state index contributed by atoms with van der Waals surface area (Å²) in [6, 6.07) is 26.0. The minimum absolute atomic E-state index is 0.315. The molecule has 142 valence electrons. The number of ether oxygens (including phenoxy) is 1. The quantitative estimate of drug-likeness (QED) is 0.669. The summed E-state index contributed by atoms with van der Waals surface area (Å²) in [5.74, 6) is 0. The second-order valence-electron chi connectivity index (χ2n) is 6.79. The van der Waals surface area contributed by atoms with Gasteiger partial charge >= 0.3 is 6.09 Å². The number of carbonyl (C=O) groups is 1. The molecule has 3 aromatic carbocycles. The Hall–Kier alpha value is -2.82. The zero-order chi connectivity index (χ0) is 19.6. The van der Waals surface area contributed by atoms with E-state index >= 15 is 0 Å². The van der Waals surface area contributed by atoms with Crippen molar-refractivity contribution in [3.63, 3.8) is 0 Å². The Kier molecular flexibility index (Phi) is 5.07. The van der Waals surface area contributed by atoms with Crippen molar-refractivity contribution in [2.24, 2.45) is 0 Å². The molecular weight excluding hydrogens is 374 g/mol. The summed E-state index contributed by atoms with van der Waals surface area (Å²) in [6.45, 7) is 0.315. The summed E-state index contributed by atoms with van der Waals surface area (Å²) >= 11 is 5.95. The molecule has 1 amide bonds. The van der Waals surface area contributed by atoms with Crippen molar-refractivity contribution in [2.45, 2.75) is 18.2 Å². The van der Waals surface area contributed by atoms with Gasteiger partial charge in [0.1, 0.15) is 0 Å². The summed E-state index contributed by atoms with van der Waals surface area (Å²) in [6.07, 6.45) is -0.772. The lowest BCUT2D eigenvalue weighted by Crippen LogP contribution is -2.46. The molecule has 4 rings (SSSR count). The minimum atomic E-state index is -1.59. The van der Waals surface area contributed by atoms with E-state index in [-0.39, 0.29) is 0 Å². The van der Waals surface area contributed by atoms with Crippen LogP contribution in [-0.2, 0) is 16.9 Å². The molecule has 0 aliphatic carbocycles. The average Bonchev–Trinajstić information content (AvgIpc) is 3.00. The number of benzene rings is 3. The van der Waals surface area contributed by atoms with Crippen molar-refractivity contribution in [3.05, 3.63) is 107 Å². The van der Waals surface area contributed by atoms with E-state index in [1.807, 2.05) is 84.9 Å². The minimum Gasteiger partial charge on any atom is -0.436 e. The Morgan fingerprint density at radius 1 is 0.929 bits per heavy atom. The standard InChI is InChI=1S/C23H20ClNO3/c24-20-13-11-17(12-14-20)15-16-25-22(26)28-21(18-7-3-1-4-8-18)23(25,27)19-9-5-2-6-10-19/h1-14,21,27H,15-16H2/t21-,23-/m0/s1. The smallest absolute Gasteiger partial charge is 0.413 e. The fraction of sp³-hybridized carbons (Fsp3) is 0.174. The Morgan fingerprint density at radius 3 is 2.18 bits per heavy atom. The zero-order valence-electron chi connectivity index (χ0n) is 15.2. The highest BCUT2D eigenvalue weighted by atomic mass is 35.5. The first kappa shape index (κ1) is 18.5. The second-order valence-corrected chi connectivity index (χ2v) is 7.23. The van der Waals surface area contributed by atoms with Gasteiger partial charge in [-0.05, 0) is 29.7 Å². The molecule has 0 unspecified atom stereocenters. The first-order chi connectivity index (χ1) is 13.6. The number of carbonyl (C=O) groups excluding carboxylic acids is 1. The maximum absolute atomic E-state index is 12.7. The molecule has 1 N–H and O–H groups in total. The van der Waals surface area contributed by atoms with Gasteiger partial charge in [-0.3, -0.25) is 4.90 Å². The summed E-state index contributed by atoms with van der Waals surface area (Å²) in [7, 11) is 0. The van der Waals surface area contributed by atoms with Crippen molar-refractivity contribution < 1.29 is 14.6 Å². The van der Waals surface area contributed by atoms with Crippen LogP contribution in [0, 0.1) is 0 Å². The van der Waals surface area contributed by atoms with Crippen molar-refractivity contribution in [2.75, 3.05) is 6.54 Å². The number of rotatable bonds is 5. The van der Waals surface area contributed by atoms with Gasteiger partial charge < -0.3 is 9.84 Å². The lowest BCUT2D eigenvalue weighted by Gasteiger charge is -2.34. The average molecular weight is 394 g/mol. The lowest BCUT2D eigenvalue weighted by atomic mass is 9.91. The molecule has 1 fully saturated rings. The van der Waals surface area contributed by atoms with Gasteiger partial charge in [-0.25, -0.2) is 4.79 Å². The van der Waals surface area contributed by atoms with Gasteiger partial charge in [0.05, 0.1) is 0 Å². The van der Waals surface area contributed by atoms with Crippen LogP contribution in [0.2, 0.25) is 5.02 Å². The maximum Gasteiger partial charge on any atom is 0.413 e. The largest absolute Gasteiger partial charge is 0.436 e. The summed E-state index contributed by atoms with van der Waals surface area (Å²) in [4.78, 5) is 14.2. The number of cyclic esters (lactones) is 1. The number of aliphatic hydroxyl groups is 1. The van der Waals surface area contributed by atoms with E-state index in [1.165, 1.54) is 4.90 Å². The molecule has 1 aliphatic heterocycles. The van der Waals surface area contributed by atoms with Crippen molar-refractivity contribution >= 4 is 17.7 Å². The number of halogens is 1. The van der Waals surface area contributed by atoms with Crippen LogP contribution in [-0.4, -0.2) is 22.6 Å². The molecule has 5 heteroatoms. The summed E-state index contributed by atoms with van der Waals surface area (Å²) < 4.78 is 5.65. The molecule has 0 aromatic heterocycles. The molecular formula is C23H20ClNO3. The van der Waals surface area contributed by atoms with Crippen LogP contribution in [0.4, 0.5) is 4.79 Å². The Bertz CT molecular complexity index is 947. The van der Waals surface area contributed by atoms with Gasteiger partial charge in [0.2, 0.25) is 5.72 Å². The highest BCUT2D eigenvalue weighted by molar-refractivity contribution is 6.30. The Morgan fingerprint density at radius 2 is 1.54 bits per heavy atom. The van der Waals surface area contributed by atoms with Crippen LogP contribution < -0.4 is 0 Å². The van der Waals surface area contributed by atoms with Crippen molar-refractivity contribution in [3.8, 4) is 0 Å². The fourth-order valence-electron chi connectivity index (χ4n) is 3.60. The van der Waals surface area contributed by atoms with Crippen LogP contribution >= 0.6 is 11.6 Å². The van der Waals surface area contributed by atoms with Gasteiger partial charge in [-0.15, -0.1) is 0 Å². The first-order valence-electron chi connectivity index (χ1n) is 9.14. The van der Waals surface area contributed by atoms with E-state index in [1.54, 1.807) is 0 Å². The molecule has 0 radical (unpaired) electrons. The molecule has 0 bridgehead atoms. The zero-order valence-corrected chi connectivity index (χ0v) is 15.9. The maximum atomic E-state index is 12.7. The number of hydrogen-bond acceptors (Lipinski definition) is 3. The number of hydrogen-bond donors (Lipinski definition) is 1. The van der Waals surface area contributed by atoms with E-state index in [4.69, 9.17) is 16.3 Å². The van der Waals surface area contributed by atoms with Crippen molar-refractivity contribution in [1.29, 1.82) is 0 Å². The van der Waals surface area contributed by atoms with Crippen LogP contribution in [0.5, 0.6) is 0 Å². The Balaban J connectivity index is 1.69. The lowest BCUT2D eigenvalue weighted by molar-refractivity contribution is -0.109. The SMILES string of the molecule is O=C1O[C@@H](c2ccccc2)[C@@](O)(c2ccccc2)N1CCc1ccc(Cl)cc1. The molecule has 28 heavy (non-hydrogen) atoms. The fourth-order valence-corrected chi connectivity index (χ4v) is 3.73. The molecule has 1 heterocycles.